The zero-order valence-electron chi connectivity index (χ0n) is 7.45. The van der Waals surface area contributed by atoms with Gasteiger partial charge in [-0.3, -0.25) is 9.78 Å². The lowest BCUT2D eigenvalue weighted by Gasteiger charge is -2.23. The molecular weight excluding hydrogens is 166 g/mol. The molecule has 0 spiro atoms. The molecule has 0 fully saturated rings. The molecule has 4 nitrogen and oxygen atoms in total. The molecule has 2 rings (SSSR count). The van der Waals surface area contributed by atoms with Gasteiger partial charge in [0, 0.05) is 20.0 Å². The lowest BCUT2D eigenvalue weighted by Crippen LogP contribution is -2.34. The predicted octanol–water partition coefficient (Wildman–Crippen LogP) is 0.292. The summed E-state index contributed by atoms with van der Waals surface area (Å²) in [6.07, 6.45) is 2.41. The summed E-state index contributed by atoms with van der Waals surface area (Å²) in [6.45, 7) is 0.739. The zero-order chi connectivity index (χ0) is 9.42. The summed E-state index contributed by atoms with van der Waals surface area (Å²) in [7, 11) is 1.79. The third-order valence-electron chi connectivity index (χ3n) is 2.25. The Kier molecular flexibility index (Phi) is 1.69. The van der Waals surface area contributed by atoms with Crippen molar-refractivity contribution < 1.29 is 4.79 Å². The van der Waals surface area contributed by atoms with Crippen LogP contribution in [0.4, 0.5) is 5.69 Å². The second-order valence-electron chi connectivity index (χ2n) is 3.24. The Bertz CT molecular complexity index is 362. The van der Waals surface area contributed by atoms with Gasteiger partial charge in [-0.25, -0.2) is 0 Å². The van der Waals surface area contributed by atoms with Crippen molar-refractivity contribution in [1.82, 2.24) is 9.88 Å². The fourth-order valence-electron chi connectivity index (χ4n) is 1.47. The molecule has 0 saturated carbocycles. The third-order valence-corrected chi connectivity index (χ3v) is 2.25. The van der Waals surface area contributed by atoms with Crippen LogP contribution in [-0.2, 0) is 6.42 Å². The van der Waals surface area contributed by atoms with Crippen LogP contribution in [0.2, 0.25) is 0 Å². The van der Waals surface area contributed by atoms with E-state index in [4.69, 9.17) is 5.73 Å². The predicted molar refractivity (Wildman–Crippen MR) is 49.3 cm³/mol. The molecule has 2 N–H and O–H groups in total. The highest BCUT2D eigenvalue weighted by Gasteiger charge is 2.22. The molecule has 0 saturated heterocycles. The van der Waals surface area contributed by atoms with E-state index < -0.39 is 0 Å². The number of likely N-dealkylation sites (N-methyl/N-ethyl adjacent to an activating group) is 1. The number of hydrogen-bond donors (Lipinski definition) is 1. The first kappa shape index (κ1) is 8.04. The highest BCUT2D eigenvalue weighted by Crippen LogP contribution is 2.17. The van der Waals surface area contributed by atoms with Gasteiger partial charge in [-0.05, 0) is 6.07 Å². The maximum atomic E-state index is 11.6. The molecule has 1 amide bonds. The van der Waals surface area contributed by atoms with Crippen molar-refractivity contribution >= 4 is 11.6 Å². The maximum absolute atomic E-state index is 11.6. The van der Waals surface area contributed by atoms with Gasteiger partial charge in [0.25, 0.3) is 5.91 Å². The Labute approximate surface area is 76.4 Å². The number of nitrogens with two attached hydrogens (primary N) is 1. The second kappa shape index (κ2) is 2.73. The number of anilines is 1. The lowest BCUT2D eigenvalue weighted by molar-refractivity contribution is 0.0779. The van der Waals surface area contributed by atoms with Gasteiger partial charge in [-0.2, -0.15) is 0 Å². The van der Waals surface area contributed by atoms with Gasteiger partial charge in [0.1, 0.15) is 0 Å². The molecule has 1 aliphatic rings. The molecule has 68 valence electrons. The Morgan fingerprint density at radius 2 is 2.38 bits per heavy atom. The van der Waals surface area contributed by atoms with Crippen molar-refractivity contribution in [2.75, 3.05) is 19.3 Å². The summed E-state index contributed by atoms with van der Waals surface area (Å²) in [5, 5.41) is 0. The molecule has 4 heteroatoms. The van der Waals surface area contributed by atoms with E-state index in [1.807, 2.05) is 0 Å². The van der Waals surface area contributed by atoms with Crippen molar-refractivity contribution in [3.8, 4) is 0 Å². The van der Waals surface area contributed by atoms with E-state index in [0.717, 1.165) is 18.7 Å². The Morgan fingerprint density at radius 1 is 1.62 bits per heavy atom. The Balaban J connectivity index is 2.51. The van der Waals surface area contributed by atoms with Crippen LogP contribution < -0.4 is 5.73 Å². The normalized spacial score (nSPS) is 15.8. The first-order valence-corrected chi connectivity index (χ1v) is 4.18. The summed E-state index contributed by atoms with van der Waals surface area (Å²) in [4.78, 5) is 17.4. The van der Waals surface area contributed by atoms with Crippen LogP contribution in [0, 0.1) is 0 Å². The smallest absolute Gasteiger partial charge is 0.255 e. The molecule has 1 aromatic heterocycles. The van der Waals surface area contributed by atoms with Crippen LogP contribution >= 0.6 is 0 Å². The number of rotatable bonds is 0. The first-order valence-electron chi connectivity index (χ1n) is 4.18. The van der Waals surface area contributed by atoms with E-state index in [9.17, 15) is 4.79 Å². The number of aromatic nitrogens is 1. The van der Waals surface area contributed by atoms with Crippen LogP contribution in [0.15, 0.2) is 12.3 Å². The monoisotopic (exact) mass is 177 g/mol. The minimum atomic E-state index is 0.0149. The lowest BCUT2D eigenvalue weighted by atomic mass is 10.1. The number of carbonyl (C=O) groups excluding carboxylic acids is 1. The highest BCUT2D eigenvalue weighted by atomic mass is 16.2. The first-order chi connectivity index (χ1) is 6.18. The summed E-state index contributed by atoms with van der Waals surface area (Å²) in [6, 6.07) is 1.69. The van der Waals surface area contributed by atoms with Gasteiger partial charge in [0.15, 0.2) is 0 Å². The van der Waals surface area contributed by atoms with Gasteiger partial charge in [-0.1, -0.05) is 0 Å². The average molecular weight is 177 g/mol. The van der Waals surface area contributed by atoms with Crippen molar-refractivity contribution in [3.05, 3.63) is 23.5 Å². The number of nitrogen functional groups attached to an aromatic ring is 1. The molecule has 2 heterocycles. The summed E-state index contributed by atoms with van der Waals surface area (Å²) in [5.74, 6) is 0.0149. The van der Waals surface area contributed by atoms with E-state index in [0.29, 0.717) is 11.3 Å². The summed E-state index contributed by atoms with van der Waals surface area (Å²) >= 11 is 0. The average Bonchev–Trinajstić information content (AvgIpc) is 2.12. The minimum absolute atomic E-state index is 0.0149. The number of nitrogens with zero attached hydrogens (tertiary/aromatic N) is 2. The molecule has 1 aliphatic heterocycles. The van der Waals surface area contributed by atoms with Gasteiger partial charge < -0.3 is 10.6 Å². The van der Waals surface area contributed by atoms with Crippen molar-refractivity contribution in [2.24, 2.45) is 0 Å². The molecular formula is C9H11N3O. The zero-order valence-corrected chi connectivity index (χ0v) is 7.45. The largest absolute Gasteiger partial charge is 0.397 e. The number of carbonyl (C=O) groups is 1. The van der Waals surface area contributed by atoms with Gasteiger partial charge >= 0.3 is 0 Å². The topological polar surface area (TPSA) is 59.2 Å². The third kappa shape index (κ3) is 1.24. The summed E-state index contributed by atoms with van der Waals surface area (Å²) < 4.78 is 0. The van der Waals surface area contributed by atoms with E-state index >= 15 is 0 Å². The number of hydrogen-bond acceptors (Lipinski definition) is 3. The Hall–Kier alpha value is -1.58. The standard InChI is InChI=1S/C9H11N3O/c1-12-3-2-8-7(9(12)13)4-6(10)5-11-8/h4-5H,2-3,10H2,1H3. The maximum Gasteiger partial charge on any atom is 0.255 e. The number of amides is 1. The molecule has 0 radical (unpaired) electrons. The summed E-state index contributed by atoms with van der Waals surface area (Å²) in [5.41, 5.74) is 7.61. The fourth-order valence-corrected chi connectivity index (χ4v) is 1.47. The fraction of sp³-hybridized carbons (Fsp3) is 0.333. The molecule has 0 atom stereocenters. The highest BCUT2D eigenvalue weighted by molar-refractivity contribution is 5.96. The van der Waals surface area contributed by atoms with Crippen LogP contribution in [0.5, 0.6) is 0 Å². The number of fused-ring (bicyclic) bond motifs is 1. The molecule has 0 bridgehead atoms. The van der Waals surface area contributed by atoms with Gasteiger partial charge in [0.05, 0.1) is 23.1 Å². The van der Waals surface area contributed by atoms with Crippen LogP contribution in [0.3, 0.4) is 0 Å². The van der Waals surface area contributed by atoms with Crippen LogP contribution in [0.25, 0.3) is 0 Å². The van der Waals surface area contributed by atoms with Gasteiger partial charge in [-0.15, -0.1) is 0 Å². The van der Waals surface area contributed by atoms with Gasteiger partial charge in [0.2, 0.25) is 0 Å². The molecule has 0 aromatic carbocycles. The second-order valence-corrected chi connectivity index (χ2v) is 3.24. The van der Waals surface area contributed by atoms with Crippen LogP contribution in [0.1, 0.15) is 16.1 Å². The molecule has 0 aliphatic carbocycles. The van der Waals surface area contributed by atoms with Crippen molar-refractivity contribution in [1.29, 1.82) is 0 Å². The Morgan fingerprint density at radius 3 is 3.15 bits per heavy atom. The van der Waals surface area contributed by atoms with E-state index in [1.54, 1.807) is 24.2 Å². The molecule has 0 unspecified atom stereocenters. The quantitative estimate of drug-likeness (QED) is 0.619. The number of pyridine rings is 1. The van der Waals surface area contributed by atoms with E-state index in [-0.39, 0.29) is 5.91 Å². The van der Waals surface area contributed by atoms with Crippen LogP contribution in [-0.4, -0.2) is 29.4 Å². The molecule has 13 heavy (non-hydrogen) atoms. The minimum Gasteiger partial charge on any atom is -0.397 e. The van der Waals surface area contributed by atoms with Crippen molar-refractivity contribution in [2.45, 2.75) is 6.42 Å². The SMILES string of the molecule is CN1CCc2ncc(N)cc2C1=O. The van der Waals surface area contributed by atoms with Crippen molar-refractivity contribution in [3.63, 3.8) is 0 Å². The molecule has 1 aromatic rings. The van der Waals surface area contributed by atoms with E-state index in [1.165, 1.54) is 0 Å². The van der Waals surface area contributed by atoms with E-state index in [2.05, 4.69) is 4.98 Å².